The van der Waals surface area contributed by atoms with Crippen LogP contribution in [0.1, 0.15) is 16.1 Å². The number of amides is 1. The molecular weight excluding hydrogens is 410 g/mol. The first-order valence-electron chi connectivity index (χ1n) is 8.24. The van der Waals surface area contributed by atoms with Gasteiger partial charge in [0.1, 0.15) is 11.5 Å². The molecule has 28 heavy (non-hydrogen) atoms. The summed E-state index contributed by atoms with van der Waals surface area (Å²) in [4.78, 5) is 22.3. The Bertz CT molecular complexity index is 978. The van der Waals surface area contributed by atoms with Gasteiger partial charge in [-0.05, 0) is 35.9 Å². The topological polar surface area (TPSA) is 148 Å². The summed E-state index contributed by atoms with van der Waals surface area (Å²) in [6, 6.07) is 5.58. The van der Waals surface area contributed by atoms with E-state index in [1.54, 1.807) is 4.90 Å². The van der Waals surface area contributed by atoms with Crippen LogP contribution in [0.15, 0.2) is 29.2 Å². The zero-order chi connectivity index (χ0) is 20.3. The molecule has 0 bridgehead atoms. The van der Waals surface area contributed by atoms with E-state index in [2.05, 4.69) is 15.3 Å². The Kier molecular flexibility index (Phi) is 6.10. The molecule has 4 N–H and O–H groups in total. The number of carbonyl (C=O) groups excluding carboxylic acids is 1. The fourth-order valence-electron chi connectivity index (χ4n) is 2.67. The number of anilines is 2. The first kappa shape index (κ1) is 20.4. The number of aliphatic hydroxyl groups is 1. The largest absolute Gasteiger partial charge is 0.391 e. The molecule has 0 spiro atoms. The summed E-state index contributed by atoms with van der Waals surface area (Å²) in [5.74, 6) is -0.244. The molecule has 1 saturated heterocycles. The van der Waals surface area contributed by atoms with Crippen LogP contribution in [-0.2, 0) is 21.4 Å². The van der Waals surface area contributed by atoms with Crippen molar-refractivity contribution < 1.29 is 23.1 Å². The Morgan fingerprint density at radius 3 is 2.46 bits per heavy atom. The van der Waals surface area contributed by atoms with E-state index in [1.807, 2.05) is 0 Å². The van der Waals surface area contributed by atoms with Crippen molar-refractivity contribution in [2.75, 3.05) is 31.6 Å². The molecule has 2 aromatic rings. The van der Waals surface area contributed by atoms with E-state index in [4.69, 9.17) is 21.5 Å². The second kappa shape index (κ2) is 8.37. The summed E-state index contributed by atoms with van der Waals surface area (Å²) < 4.78 is 27.9. The van der Waals surface area contributed by atoms with Gasteiger partial charge in [-0.2, -0.15) is 0 Å². The smallest absolute Gasteiger partial charge is 0.273 e. The normalized spacial score (nSPS) is 14.8. The molecule has 12 heteroatoms. The number of halogens is 1. The quantitative estimate of drug-likeness (QED) is 0.583. The standard InChI is InChI=1S/C16H18ClN5O5S/c17-16-20-13(15(24)22-5-7-27-8-6-22)12(9-23)14(21-16)19-10-1-3-11(4-2-10)28(18,25)26/h1-4,23H,5-9H2,(H2,18,25,26)(H,19,20,21). The van der Waals surface area contributed by atoms with E-state index in [0.717, 1.165) is 0 Å². The average molecular weight is 428 g/mol. The van der Waals surface area contributed by atoms with Gasteiger partial charge in [-0.25, -0.2) is 23.5 Å². The molecule has 1 amide bonds. The van der Waals surface area contributed by atoms with Crippen molar-refractivity contribution in [3.8, 4) is 0 Å². The maximum absolute atomic E-state index is 12.8. The fourth-order valence-corrected chi connectivity index (χ4v) is 3.35. The van der Waals surface area contributed by atoms with Crippen LogP contribution >= 0.6 is 11.6 Å². The second-order valence-electron chi connectivity index (χ2n) is 5.93. The van der Waals surface area contributed by atoms with Gasteiger partial charge in [0.05, 0.1) is 30.3 Å². The number of hydrogen-bond acceptors (Lipinski definition) is 8. The van der Waals surface area contributed by atoms with Gasteiger partial charge < -0.3 is 20.1 Å². The lowest BCUT2D eigenvalue weighted by atomic mass is 10.1. The molecular formula is C16H18ClN5O5S. The minimum Gasteiger partial charge on any atom is -0.391 e. The van der Waals surface area contributed by atoms with Gasteiger partial charge in [0.15, 0.2) is 0 Å². The van der Waals surface area contributed by atoms with Gasteiger partial charge in [-0.1, -0.05) is 0 Å². The fraction of sp³-hybridized carbons (Fsp3) is 0.312. The number of aliphatic hydroxyl groups excluding tert-OH is 1. The number of carbonyl (C=O) groups is 1. The molecule has 1 fully saturated rings. The number of nitrogens with one attached hydrogen (secondary N) is 1. The molecule has 1 aliphatic rings. The monoisotopic (exact) mass is 427 g/mol. The molecule has 150 valence electrons. The highest BCUT2D eigenvalue weighted by Crippen LogP contribution is 2.25. The Balaban J connectivity index is 1.92. The van der Waals surface area contributed by atoms with Crippen molar-refractivity contribution in [1.82, 2.24) is 14.9 Å². The van der Waals surface area contributed by atoms with Crippen molar-refractivity contribution in [3.05, 3.63) is 40.8 Å². The number of ether oxygens (including phenoxy) is 1. The Hall–Kier alpha value is -2.31. The number of nitrogens with zero attached hydrogens (tertiary/aromatic N) is 3. The number of aromatic nitrogens is 2. The lowest BCUT2D eigenvalue weighted by Gasteiger charge is -2.27. The maximum atomic E-state index is 12.8. The van der Waals surface area contributed by atoms with Crippen molar-refractivity contribution in [3.63, 3.8) is 0 Å². The Morgan fingerprint density at radius 1 is 1.25 bits per heavy atom. The van der Waals surface area contributed by atoms with Crippen LogP contribution in [0.2, 0.25) is 5.28 Å². The van der Waals surface area contributed by atoms with Crippen LogP contribution in [0, 0.1) is 0 Å². The average Bonchev–Trinajstić information content (AvgIpc) is 2.67. The Labute approximate surface area is 166 Å². The van der Waals surface area contributed by atoms with Crippen LogP contribution in [-0.4, -0.2) is 60.6 Å². The van der Waals surface area contributed by atoms with E-state index >= 15 is 0 Å². The number of morpholine rings is 1. The third kappa shape index (κ3) is 4.56. The van der Waals surface area contributed by atoms with Gasteiger partial charge in [0.25, 0.3) is 5.91 Å². The van der Waals surface area contributed by atoms with Crippen LogP contribution < -0.4 is 10.5 Å². The van der Waals surface area contributed by atoms with E-state index < -0.39 is 16.6 Å². The first-order valence-corrected chi connectivity index (χ1v) is 10.2. The van der Waals surface area contributed by atoms with Crippen molar-refractivity contribution >= 4 is 39.0 Å². The molecule has 10 nitrogen and oxygen atoms in total. The predicted molar refractivity (Wildman–Crippen MR) is 101 cm³/mol. The highest BCUT2D eigenvalue weighted by Gasteiger charge is 2.25. The minimum atomic E-state index is -3.82. The number of primary sulfonamides is 1. The van der Waals surface area contributed by atoms with E-state index in [0.29, 0.717) is 32.0 Å². The summed E-state index contributed by atoms with van der Waals surface area (Å²) in [7, 11) is -3.82. The molecule has 3 rings (SSSR count). The summed E-state index contributed by atoms with van der Waals surface area (Å²) in [6.07, 6.45) is 0. The summed E-state index contributed by atoms with van der Waals surface area (Å²) >= 11 is 5.98. The molecule has 0 atom stereocenters. The number of nitrogens with two attached hydrogens (primary N) is 1. The summed E-state index contributed by atoms with van der Waals surface area (Å²) in [5.41, 5.74) is 0.631. The molecule has 0 unspecified atom stereocenters. The van der Waals surface area contributed by atoms with Crippen LogP contribution in [0.4, 0.5) is 11.5 Å². The SMILES string of the molecule is NS(=O)(=O)c1ccc(Nc2nc(Cl)nc(C(=O)N3CCOCC3)c2CO)cc1. The van der Waals surface area contributed by atoms with Crippen LogP contribution in [0.25, 0.3) is 0 Å². The summed E-state index contributed by atoms with van der Waals surface area (Å²) in [5, 5.41) is 17.6. The lowest BCUT2D eigenvalue weighted by Crippen LogP contribution is -2.41. The highest BCUT2D eigenvalue weighted by molar-refractivity contribution is 7.89. The zero-order valence-corrected chi connectivity index (χ0v) is 16.2. The molecule has 1 aliphatic heterocycles. The molecule has 1 aromatic heterocycles. The van der Waals surface area contributed by atoms with Crippen molar-refractivity contribution in [2.45, 2.75) is 11.5 Å². The number of rotatable bonds is 5. The van der Waals surface area contributed by atoms with E-state index in [9.17, 15) is 18.3 Å². The van der Waals surface area contributed by atoms with Crippen molar-refractivity contribution in [1.29, 1.82) is 0 Å². The molecule has 1 aromatic carbocycles. The lowest BCUT2D eigenvalue weighted by molar-refractivity contribution is 0.0297. The van der Waals surface area contributed by atoms with Gasteiger partial charge in [-0.15, -0.1) is 0 Å². The summed E-state index contributed by atoms with van der Waals surface area (Å²) in [6.45, 7) is 1.15. The van der Waals surface area contributed by atoms with Gasteiger partial charge in [0.2, 0.25) is 15.3 Å². The number of benzene rings is 1. The van der Waals surface area contributed by atoms with Gasteiger partial charge >= 0.3 is 0 Å². The Morgan fingerprint density at radius 2 is 1.89 bits per heavy atom. The van der Waals surface area contributed by atoms with Crippen LogP contribution in [0.3, 0.4) is 0 Å². The highest BCUT2D eigenvalue weighted by atomic mass is 35.5. The third-order valence-electron chi connectivity index (χ3n) is 4.08. The second-order valence-corrected chi connectivity index (χ2v) is 7.82. The molecule has 0 aliphatic carbocycles. The van der Waals surface area contributed by atoms with Gasteiger partial charge in [-0.3, -0.25) is 4.79 Å². The number of hydrogen-bond donors (Lipinski definition) is 3. The van der Waals surface area contributed by atoms with E-state index in [1.165, 1.54) is 24.3 Å². The van der Waals surface area contributed by atoms with E-state index in [-0.39, 0.29) is 33.2 Å². The molecule has 0 radical (unpaired) electrons. The third-order valence-corrected chi connectivity index (χ3v) is 5.18. The maximum Gasteiger partial charge on any atom is 0.273 e. The van der Waals surface area contributed by atoms with Crippen LogP contribution in [0.5, 0.6) is 0 Å². The molecule has 2 heterocycles. The zero-order valence-electron chi connectivity index (χ0n) is 14.6. The van der Waals surface area contributed by atoms with Gasteiger partial charge in [0, 0.05) is 18.8 Å². The first-order chi connectivity index (χ1) is 13.3. The van der Waals surface area contributed by atoms with Crippen molar-refractivity contribution in [2.24, 2.45) is 5.14 Å². The number of sulfonamides is 1. The molecule has 0 saturated carbocycles. The minimum absolute atomic E-state index is 0.00643. The predicted octanol–water partition coefficient (Wildman–Crippen LogP) is 0.486.